The number of aliphatic hydroxyl groups excluding tert-OH is 2. The molecule has 3 atom stereocenters. The maximum atomic E-state index is 13.4. The third-order valence-electron chi connectivity index (χ3n) is 5.75. The van der Waals surface area contributed by atoms with E-state index in [0.29, 0.717) is 26.3 Å². The van der Waals surface area contributed by atoms with Crippen LogP contribution in [0.1, 0.15) is 24.0 Å². The smallest absolute Gasteiger partial charge is 0.123 e. The van der Waals surface area contributed by atoms with Crippen LogP contribution >= 0.6 is 0 Å². The standard InChI is InChI=1S/C24H33FN2O3/c1-19(21-8-5-9-22(25)14-21)24(29)16-27-12-10-26(11-13-27)15-23(28)18-30-17-20-6-3-2-4-7-20/h2-9,14,19,23-24,28-29H,10-13,15-18H2,1H3. The Labute approximate surface area is 178 Å². The molecule has 3 unspecified atom stereocenters. The Hall–Kier alpha value is -1.83. The van der Waals surface area contributed by atoms with E-state index in [1.807, 2.05) is 43.3 Å². The molecule has 0 aliphatic carbocycles. The summed E-state index contributed by atoms with van der Waals surface area (Å²) in [5.74, 6) is -0.395. The normalized spacial score (nSPS) is 18.8. The van der Waals surface area contributed by atoms with E-state index in [1.165, 1.54) is 12.1 Å². The summed E-state index contributed by atoms with van der Waals surface area (Å²) in [5.41, 5.74) is 1.92. The molecular weight excluding hydrogens is 383 g/mol. The van der Waals surface area contributed by atoms with Gasteiger partial charge in [-0.2, -0.15) is 0 Å². The molecule has 6 heteroatoms. The average molecular weight is 417 g/mol. The van der Waals surface area contributed by atoms with Crippen molar-refractivity contribution in [1.82, 2.24) is 9.80 Å². The number of hydrogen-bond acceptors (Lipinski definition) is 5. The molecule has 2 aromatic rings. The molecule has 0 saturated carbocycles. The quantitative estimate of drug-likeness (QED) is 0.623. The van der Waals surface area contributed by atoms with E-state index < -0.39 is 12.2 Å². The molecule has 1 aliphatic heterocycles. The van der Waals surface area contributed by atoms with E-state index in [0.717, 1.165) is 37.3 Å². The molecule has 2 aromatic carbocycles. The lowest BCUT2D eigenvalue weighted by atomic mass is 9.95. The second-order valence-electron chi connectivity index (χ2n) is 8.17. The molecule has 30 heavy (non-hydrogen) atoms. The van der Waals surface area contributed by atoms with Gasteiger partial charge in [0.1, 0.15) is 5.82 Å². The van der Waals surface area contributed by atoms with Crippen LogP contribution in [0.5, 0.6) is 0 Å². The fraction of sp³-hybridized carbons (Fsp3) is 0.500. The van der Waals surface area contributed by atoms with E-state index >= 15 is 0 Å². The number of ether oxygens (including phenoxy) is 1. The Morgan fingerprint density at radius 2 is 1.60 bits per heavy atom. The maximum absolute atomic E-state index is 13.4. The zero-order valence-electron chi connectivity index (χ0n) is 17.7. The van der Waals surface area contributed by atoms with Crippen LogP contribution in [0.25, 0.3) is 0 Å². The van der Waals surface area contributed by atoms with Crippen molar-refractivity contribution in [3.8, 4) is 0 Å². The molecule has 1 saturated heterocycles. The highest BCUT2D eigenvalue weighted by Gasteiger charge is 2.24. The van der Waals surface area contributed by atoms with Crippen molar-refractivity contribution in [2.24, 2.45) is 0 Å². The number of rotatable bonds is 10. The second-order valence-corrected chi connectivity index (χ2v) is 8.17. The van der Waals surface area contributed by atoms with Gasteiger partial charge in [-0.25, -0.2) is 4.39 Å². The average Bonchev–Trinajstić information content (AvgIpc) is 2.75. The van der Waals surface area contributed by atoms with E-state index in [-0.39, 0.29) is 11.7 Å². The molecule has 1 fully saturated rings. The van der Waals surface area contributed by atoms with Gasteiger partial charge in [0, 0.05) is 45.2 Å². The van der Waals surface area contributed by atoms with Gasteiger partial charge in [-0.3, -0.25) is 9.80 Å². The molecule has 0 spiro atoms. The van der Waals surface area contributed by atoms with Gasteiger partial charge < -0.3 is 14.9 Å². The van der Waals surface area contributed by atoms with Crippen molar-refractivity contribution in [1.29, 1.82) is 0 Å². The molecule has 3 rings (SSSR count). The van der Waals surface area contributed by atoms with Gasteiger partial charge in [0.25, 0.3) is 0 Å². The van der Waals surface area contributed by atoms with Crippen LogP contribution in [-0.4, -0.2) is 78.1 Å². The molecule has 1 aliphatic rings. The zero-order valence-corrected chi connectivity index (χ0v) is 17.7. The van der Waals surface area contributed by atoms with Gasteiger partial charge >= 0.3 is 0 Å². The number of benzene rings is 2. The number of hydrogen-bond donors (Lipinski definition) is 2. The molecule has 0 bridgehead atoms. The molecule has 0 aromatic heterocycles. The van der Waals surface area contributed by atoms with Crippen LogP contribution in [0.2, 0.25) is 0 Å². The van der Waals surface area contributed by atoms with Gasteiger partial charge in [-0.05, 0) is 23.3 Å². The van der Waals surface area contributed by atoms with Crippen molar-refractivity contribution in [2.75, 3.05) is 45.9 Å². The van der Waals surface area contributed by atoms with Crippen LogP contribution in [0.3, 0.4) is 0 Å². The van der Waals surface area contributed by atoms with Crippen LogP contribution < -0.4 is 0 Å². The van der Waals surface area contributed by atoms with Crippen molar-refractivity contribution in [3.05, 3.63) is 71.5 Å². The van der Waals surface area contributed by atoms with Crippen LogP contribution in [0.15, 0.2) is 54.6 Å². The number of piperazine rings is 1. The Kier molecular flexibility index (Phi) is 8.78. The van der Waals surface area contributed by atoms with E-state index in [9.17, 15) is 14.6 Å². The van der Waals surface area contributed by atoms with E-state index in [1.54, 1.807) is 6.07 Å². The third kappa shape index (κ3) is 7.15. The fourth-order valence-electron chi connectivity index (χ4n) is 3.83. The first-order valence-electron chi connectivity index (χ1n) is 10.7. The van der Waals surface area contributed by atoms with Gasteiger partial charge in [0.15, 0.2) is 0 Å². The molecule has 164 valence electrons. The minimum absolute atomic E-state index is 0.123. The lowest BCUT2D eigenvalue weighted by Gasteiger charge is -2.37. The summed E-state index contributed by atoms with van der Waals surface area (Å²) >= 11 is 0. The lowest BCUT2D eigenvalue weighted by molar-refractivity contribution is -0.00288. The first kappa shape index (κ1) is 22.8. The first-order valence-corrected chi connectivity index (χ1v) is 10.7. The highest BCUT2D eigenvalue weighted by atomic mass is 19.1. The number of halogens is 1. The highest BCUT2D eigenvalue weighted by molar-refractivity contribution is 5.21. The zero-order chi connectivity index (χ0) is 21.3. The number of nitrogens with zero attached hydrogens (tertiary/aromatic N) is 2. The SMILES string of the molecule is CC(c1cccc(F)c1)C(O)CN1CCN(CC(O)COCc2ccccc2)CC1. The summed E-state index contributed by atoms with van der Waals surface area (Å²) in [4.78, 5) is 4.46. The van der Waals surface area contributed by atoms with Gasteiger partial charge in [0.05, 0.1) is 25.4 Å². The maximum Gasteiger partial charge on any atom is 0.123 e. The molecule has 0 amide bonds. The first-order chi connectivity index (χ1) is 14.5. The van der Waals surface area contributed by atoms with Crippen LogP contribution in [0.4, 0.5) is 4.39 Å². The Morgan fingerprint density at radius 1 is 0.933 bits per heavy atom. The molecule has 2 N–H and O–H groups in total. The van der Waals surface area contributed by atoms with Gasteiger partial charge in [-0.1, -0.05) is 49.4 Å². The monoisotopic (exact) mass is 416 g/mol. The summed E-state index contributed by atoms with van der Waals surface area (Å²) in [6.07, 6.45) is -1.06. The summed E-state index contributed by atoms with van der Waals surface area (Å²) in [6.45, 7) is 7.27. The predicted molar refractivity (Wildman–Crippen MR) is 116 cm³/mol. The van der Waals surface area contributed by atoms with Crippen molar-refractivity contribution >= 4 is 0 Å². The third-order valence-corrected chi connectivity index (χ3v) is 5.75. The van der Waals surface area contributed by atoms with Gasteiger partial charge in [-0.15, -0.1) is 0 Å². The number of β-amino-alcohol motifs (C(OH)–C–C–N with tert-alkyl or cyclic N) is 2. The summed E-state index contributed by atoms with van der Waals surface area (Å²) in [5, 5.41) is 20.8. The topological polar surface area (TPSA) is 56.2 Å². The summed E-state index contributed by atoms with van der Waals surface area (Å²) in [6, 6.07) is 16.4. The van der Waals surface area contributed by atoms with E-state index in [4.69, 9.17) is 4.74 Å². The summed E-state index contributed by atoms with van der Waals surface area (Å²) < 4.78 is 19.1. The molecular formula is C24H33FN2O3. The van der Waals surface area contributed by atoms with Crippen LogP contribution in [0, 0.1) is 5.82 Å². The van der Waals surface area contributed by atoms with E-state index in [2.05, 4.69) is 9.80 Å². The van der Waals surface area contributed by atoms with Crippen molar-refractivity contribution in [3.63, 3.8) is 0 Å². The van der Waals surface area contributed by atoms with Gasteiger partial charge in [0.2, 0.25) is 0 Å². The molecule has 5 nitrogen and oxygen atoms in total. The minimum atomic E-state index is -0.546. The molecule has 0 radical (unpaired) electrons. The van der Waals surface area contributed by atoms with Crippen molar-refractivity contribution < 1.29 is 19.3 Å². The Balaban J connectivity index is 1.34. The fourth-order valence-corrected chi connectivity index (χ4v) is 3.83. The van der Waals surface area contributed by atoms with Crippen LogP contribution in [-0.2, 0) is 11.3 Å². The largest absolute Gasteiger partial charge is 0.391 e. The highest BCUT2D eigenvalue weighted by Crippen LogP contribution is 2.21. The predicted octanol–water partition coefficient (Wildman–Crippen LogP) is 2.49. The Bertz CT molecular complexity index is 753. The molecule has 1 heterocycles. The lowest BCUT2D eigenvalue weighted by Crippen LogP contribution is -2.51. The summed E-state index contributed by atoms with van der Waals surface area (Å²) in [7, 11) is 0. The number of aliphatic hydroxyl groups is 2. The second kappa shape index (κ2) is 11.5. The van der Waals surface area contributed by atoms with Crippen molar-refractivity contribution in [2.45, 2.75) is 31.7 Å². The minimum Gasteiger partial charge on any atom is -0.391 e. The Morgan fingerprint density at radius 3 is 2.27 bits per heavy atom.